The highest BCUT2D eigenvalue weighted by Crippen LogP contribution is 2.16. The van der Waals surface area contributed by atoms with E-state index < -0.39 is 0 Å². The van der Waals surface area contributed by atoms with Gasteiger partial charge in [0.05, 0.1) is 17.4 Å². The van der Waals surface area contributed by atoms with Gasteiger partial charge in [-0.2, -0.15) is 0 Å². The van der Waals surface area contributed by atoms with Gasteiger partial charge in [-0.15, -0.1) is 0 Å². The van der Waals surface area contributed by atoms with Crippen LogP contribution in [-0.2, 0) is 7.05 Å². The Balaban J connectivity index is 2.50. The minimum atomic E-state index is 0.943. The lowest BCUT2D eigenvalue weighted by Crippen LogP contribution is -1.95. The molecule has 1 heterocycles. The van der Waals surface area contributed by atoms with Gasteiger partial charge in [0.2, 0.25) is 0 Å². The number of hydrogen-bond donors (Lipinski definition) is 1. The molecule has 2 rings (SSSR count). The first-order valence-corrected chi connectivity index (χ1v) is 4.46. The van der Waals surface area contributed by atoms with Crippen LogP contribution >= 0.6 is 0 Å². The van der Waals surface area contributed by atoms with E-state index in [1.54, 1.807) is 0 Å². The van der Waals surface area contributed by atoms with E-state index in [9.17, 15) is 0 Å². The highest BCUT2D eigenvalue weighted by atomic mass is 15.0. The molecule has 0 amide bonds. The van der Waals surface area contributed by atoms with Gasteiger partial charge in [-0.1, -0.05) is 0 Å². The summed E-state index contributed by atoms with van der Waals surface area (Å²) in [6.45, 7) is 3.03. The van der Waals surface area contributed by atoms with Crippen LogP contribution in [-0.4, -0.2) is 16.1 Å². The van der Waals surface area contributed by atoms with E-state index in [0.29, 0.717) is 0 Å². The van der Waals surface area contributed by atoms with E-state index in [1.165, 1.54) is 5.52 Å². The first-order chi connectivity index (χ1) is 6.31. The quantitative estimate of drug-likeness (QED) is 0.756. The predicted octanol–water partition coefficient (Wildman–Crippen LogP) is 2.01. The Morgan fingerprint density at radius 3 is 3.08 bits per heavy atom. The minimum Gasteiger partial charge on any atom is -0.385 e. The molecule has 0 aliphatic carbocycles. The molecule has 0 saturated heterocycles. The lowest BCUT2D eigenvalue weighted by Gasteiger charge is -2.02. The molecule has 68 valence electrons. The fraction of sp³-hybridized carbons (Fsp3) is 0.300. The summed E-state index contributed by atoms with van der Waals surface area (Å²) in [6.07, 6.45) is 1.83. The van der Waals surface area contributed by atoms with Gasteiger partial charge in [0, 0.05) is 19.3 Å². The first kappa shape index (κ1) is 8.10. The van der Waals surface area contributed by atoms with Crippen LogP contribution in [0.5, 0.6) is 0 Å². The van der Waals surface area contributed by atoms with Crippen molar-refractivity contribution in [3.05, 3.63) is 24.5 Å². The molecule has 1 aromatic heterocycles. The maximum Gasteiger partial charge on any atom is 0.0955 e. The van der Waals surface area contributed by atoms with E-state index >= 15 is 0 Å². The van der Waals surface area contributed by atoms with Gasteiger partial charge < -0.3 is 9.88 Å². The smallest absolute Gasteiger partial charge is 0.0955 e. The largest absolute Gasteiger partial charge is 0.385 e. The number of aromatic nitrogens is 2. The van der Waals surface area contributed by atoms with Gasteiger partial charge in [-0.05, 0) is 25.1 Å². The second kappa shape index (κ2) is 3.09. The number of benzene rings is 1. The van der Waals surface area contributed by atoms with E-state index in [1.807, 2.05) is 17.9 Å². The zero-order chi connectivity index (χ0) is 9.26. The standard InChI is InChI=1S/C10H13N3/c1-3-11-8-4-5-10-9(6-8)12-7-13(10)2/h4-7,11H,3H2,1-2H3. The molecule has 0 fully saturated rings. The monoisotopic (exact) mass is 175 g/mol. The van der Waals surface area contributed by atoms with E-state index in [4.69, 9.17) is 0 Å². The summed E-state index contributed by atoms with van der Waals surface area (Å²) in [4.78, 5) is 4.28. The summed E-state index contributed by atoms with van der Waals surface area (Å²) in [5.74, 6) is 0. The Morgan fingerprint density at radius 1 is 1.46 bits per heavy atom. The summed E-state index contributed by atoms with van der Waals surface area (Å²) in [5, 5.41) is 3.26. The minimum absolute atomic E-state index is 0.943. The third-order valence-corrected chi connectivity index (χ3v) is 2.11. The third kappa shape index (κ3) is 1.37. The Kier molecular flexibility index (Phi) is 1.93. The fourth-order valence-electron chi connectivity index (χ4n) is 1.45. The molecule has 0 unspecified atom stereocenters. The average Bonchev–Trinajstić information content (AvgIpc) is 2.48. The summed E-state index contributed by atoms with van der Waals surface area (Å²) in [6, 6.07) is 6.23. The molecule has 3 nitrogen and oxygen atoms in total. The molecule has 0 radical (unpaired) electrons. The average molecular weight is 175 g/mol. The van der Waals surface area contributed by atoms with Crippen LogP contribution in [0.25, 0.3) is 11.0 Å². The molecule has 0 aliphatic heterocycles. The second-order valence-electron chi connectivity index (χ2n) is 3.09. The Hall–Kier alpha value is -1.51. The SMILES string of the molecule is CCNc1ccc2c(c1)ncn2C. The van der Waals surface area contributed by atoms with Gasteiger partial charge in [0.1, 0.15) is 0 Å². The predicted molar refractivity (Wildman–Crippen MR) is 54.9 cm³/mol. The van der Waals surface area contributed by atoms with E-state index in [-0.39, 0.29) is 0 Å². The van der Waals surface area contributed by atoms with Gasteiger partial charge >= 0.3 is 0 Å². The molecule has 13 heavy (non-hydrogen) atoms. The van der Waals surface area contributed by atoms with E-state index in [2.05, 4.69) is 35.4 Å². The molecule has 0 saturated carbocycles. The maximum atomic E-state index is 4.28. The van der Waals surface area contributed by atoms with Crippen molar-refractivity contribution in [3.63, 3.8) is 0 Å². The number of imidazole rings is 1. The van der Waals surface area contributed by atoms with Crippen molar-refractivity contribution in [2.45, 2.75) is 6.92 Å². The Morgan fingerprint density at radius 2 is 2.31 bits per heavy atom. The first-order valence-electron chi connectivity index (χ1n) is 4.46. The normalized spacial score (nSPS) is 10.6. The van der Waals surface area contributed by atoms with Crippen molar-refractivity contribution in [3.8, 4) is 0 Å². The zero-order valence-electron chi connectivity index (χ0n) is 7.91. The van der Waals surface area contributed by atoms with Gasteiger partial charge in [-0.25, -0.2) is 4.98 Å². The number of hydrogen-bond acceptors (Lipinski definition) is 2. The molecule has 3 heteroatoms. The van der Waals surface area contributed by atoms with E-state index in [0.717, 1.165) is 17.7 Å². The summed E-state index contributed by atoms with van der Waals surface area (Å²) < 4.78 is 2.02. The van der Waals surface area contributed by atoms with Crippen LogP contribution in [0.1, 0.15) is 6.92 Å². The highest BCUT2D eigenvalue weighted by Gasteiger charge is 1.99. The van der Waals surface area contributed by atoms with Gasteiger partial charge in [0.15, 0.2) is 0 Å². The van der Waals surface area contributed by atoms with Crippen LogP contribution in [0.4, 0.5) is 5.69 Å². The number of aryl methyl sites for hydroxylation is 1. The third-order valence-electron chi connectivity index (χ3n) is 2.11. The number of fused-ring (bicyclic) bond motifs is 1. The zero-order valence-corrected chi connectivity index (χ0v) is 7.91. The molecule has 0 spiro atoms. The summed E-state index contributed by atoms with van der Waals surface area (Å²) in [5.41, 5.74) is 3.34. The van der Waals surface area contributed by atoms with Crippen molar-refractivity contribution < 1.29 is 0 Å². The molecule has 1 aromatic carbocycles. The number of rotatable bonds is 2. The molecule has 0 aliphatic rings. The number of nitrogens with one attached hydrogen (secondary N) is 1. The molecular formula is C10H13N3. The molecule has 0 bridgehead atoms. The number of nitrogens with zero attached hydrogens (tertiary/aromatic N) is 2. The van der Waals surface area contributed by atoms with Crippen molar-refractivity contribution in [1.82, 2.24) is 9.55 Å². The Bertz CT molecular complexity index is 417. The van der Waals surface area contributed by atoms with Crippen LogP contribution in [0, 0.1) is 0 Å². The van der Waals surface area contributed by atoms with Crippen molar-refractivity contribution >= 4 is 16.7 Å². The maximum absolute atomic E-state index is 4.28. The summed E-state index contributed by atoms with van der Waals surface area (Å²) >= 11 is 0. The topological polar surface area (TPSA) is 29.9 Å². The molecule has 0 atom stereocenters. The molecule has 2 aromatic rings. The second-order valence-corrected chi connectivity index (χ2v) is 3.09. The van der Waals surface area contributed by atoms with Crippen LogP contribution < -0.4 is 5.32 Å². The van der Waals surface area contributed by atoms with Crippen LogP contribution in [0.2, 0.25) is 0 Å². The van der Waals surface area contributed by atoms with Gasteiger partial charge in [0.25, 0.3) is 0 Å². The lowest BCUT2D eigenvalue weighted by atomic mass is 10.2. The molecule has 1 N–H and O–H groups in total. The van der Waals surface area contributed by atoms with Crippen molar-refractivity contribution in [1.29, 1.82) is 0 Å². The molecular weight excluding hydrogens is 162 g/mol. The Labute approximate surface area is 77.4 Å². The van der Waals surface area contributed by atoms with Gasteiger partial charge in [-0.3, -0.25) is 0 Å². The highest BCUT2D eigenvalue weighted by molar-refractivity contribution is 5.79. The van der Waals surface area contributed by atoms with Crippen LogP contribution in [0.15, 0.2) is 24.5 Å². The number of anilines is 1. The van der Waals surface area contributed by atoms with Crippen molar-refractivity contribution in [2.75, 3.05) is 11.9 Å². The van der Waals surface area contributed by atoms with Crippen LogP contribution in [0.3, 0.4) is 0 Å². The fourth-order valence-corrected chi connectivity index (χ4v) is 1.45. The van der Waals surface area contributed by atoms with Crippen molar-refractivity contribution in [2.24, 2.45) is 7.05 Å². The lowest BCUT2D eigenvalue weighted by molar-refractivity contribution is 0.947. The summed E-state index contributed by atoms with van der Waals surface area (Å²) in [7, 11) is 2.00.